The van der Waals surface area contributed by atoms with Crippen molar-refractivity contribution >= 4 is 0 Å². The zero-order valence-corrected chi connectivity index (χ0v) is 12.1. The molecule has 0 spiro atoms. The Bertz CT molecular complexity index is 544. The molecule has 0 unspecified atom stereocenters. The van der Waals surface area contributed by atoms with Crippen LogP contribution >= 0.6 is 0 Å². The molecule has 1 N–H and O–H groups in total. The van der Waals surface area contributed by atoms with Gasteiger partial charge in [0, 0.05) is 11.3 Å². The zero-order chi connectivity index (χ0) is 13.8. The van der Waals surface area contributed by atoms with E-state index in [0.29, 0.717) is 12.5 Å². The Hall–Kier alpha value is -1.74. The van der Waals surface area contributed by atoms with E-state index in [2.05, 4.69) is 53.4 Å². The van der Waals surface area contributed by atoms with Gasteiger partial charge in [-0.1, -0.05) is 38.1 Å². The minimum atomic E-state index is 0.557. The second-order valence-electron chi connectivity index (χ2n) is 5.12. The van der Waals surface area contributed by atoms with Crippen LogP contribution in [0.5, 0.6) is 0 Å². The van der Waals surface area contributed by atoms with Gasteiger partial charge in [-0.2, -0.15) is 0 Å². The van der Waals surface area contributed by atoms with E-state index in [1.165, 1.54) is 5.56 Å². The fourth-order valence-electron chi connectivity index (χ4n) is 2.05. The molecule has 0 aliphatic carbocycles. The summed E-state index contributed by atoms with van der Waals surface area (Å²) in [6.07, 6.45) is 0. The van der Waals surface area contributed by atoms with Crippen LogP contribution in [0, 0.1) is 6.92 Å². The minimum Gasteiger partial charge on any atom is -0.313 e. The molecule has 1 heterocycles. The van der Waals surface area contributed by atoms with Gasteiger partial charge in [-0.15, -0.1) is 0 Å². The van der Waals surface area contributed by atoms with E-state index in [1.54, 1.807) is 0 Å². The molecule has 1 aromatic heterocycles. The molecule has 0 saturated carbocycles. The van der Waals surface area contributed by atoms with Crippen LogP contribution in [0.25, 0.3) is 11.3 Å². The molecule has 100 valence electrons. The number of nitrogens with one attached hydrogen (secondary N) is 1. The quantitative estimate of drug-likeness (QED) is 0.911. The average molecular weight is 255 g/mol. The van der Waals surface area contributed by atoms with Gasteiger partial charge in [0.15, 0.2) is 0 Å². The summed E-state index contributed by atoms with van der Waals surface area (Å²) < 4.78 is 0. The van der Waals surface area contributed by atoms with E-state index >= 15 is 0 Å². The topological polar surface area (TPSA) is 37.8 Å². The second kappa shape index (κ2) is 5.93. The molecule has 2 aromatic rings. The standard InChI is InChI=1S/C16H21N3/c1-11(2)13-5-7-14(8-6-13)15-9-12(3)18-16(19-15)10-17-4/h5-9,11,17H,10H2,1-4H3. The third kappa shape index (κ3) is 3.38. The lowest BCUT2D eigenvalue weighted by molar-refractivity contribution is 0.754. The van der Waals surface area contributed by atoms with E-state index in [0.717, 1.165) is 22.8 Å². The Morgan fingerprint density at radius 3 is 2.37 bits per heavy atom. The maximum atomic E-state index is 4.59. The van der Waals surface area contributed by atoms with Crippen LogP contribution in [-0.4, -0.2) is 17.0 Å². The maximum Gasteiger partial charge on any atom is 0.143 e. The van der Waals surface area contributed by atoms with Gasteiger partial charge < -0.3 is 5.32 Å². The van der Waals surface area contributed by atoms with Gasteiger partial charge in [0.25, 0.3) is 0 Å². The third-order valence-electron chi connectivity index (χ3n) is 3.11. The number of hydrogen-bond donors (Lipinski definition) is 1. The second-order valence-corrected chi connectivity index (χ2v) is 5.12. The van der Waals surface area contributed by atoms with Gasteiger partial charge in [0.1, 0.15) is 5.82 Å². The summed E-state index contributed by atoms with van der Waals surface area (Å²) in [5.41, 5.74) is 4.49. The van der Waals surface area contributed by atoms with Crippen LogP contribution < -0.4 is 5.32 Å². The Morgan fingerprint density at radius 1 is 1.11 bits per heavy atom. The van der Waals surface area contributed by atoms with Crippen molar-refractivity contribution in [1.82, 2.24) is 15.3 Å². The smallest absolute Gasteiger partial charge is 0.143 e. The van der Waals surface area contributed by atoms with Crippen LogP contribution in [0.15, 0.2) is 30.3 Å². The number of rotatable bonds is 4. The highest BCUT2D eigenvalue weighted by molar-refractivity contribution is 5.59. The molecular formula is C16H21N3. The van der Waals surface area contributed by atoms with Gasteiger partial charge in [0.05, 0.1) is 12.2 Å². The lowest BCUT2D eigenvalue weighted by Gasteiger charge is -2.08. The Labute approximate surface area is 115 Å². The predicted octanol–water partition coefficient (Wildman–Crippen LogP) is 3.29. The van der Waals surface area contributed by atoms with Crippen molar-refractivity contribution < 1.29 is 0 Å². The largest absolute Gasteiger partial charge is 0.313 e. The minimum absolute atomic E-state index is 0.557. The summed E-state index contributed by atoms with van der Waals surface area (Å²) in [5, 5.41) is 3.09. The van der Waals surface area contributed by atoms with Crippen LogP contribution in [-0.2, 0) is 6.54 Å². The number of nitrogens with zero attached hydrogens (tertiary/aromatic N) is 2. The van der Waals surface area contributed by atoms with Gasteiger partial charge >= 0.3 is 0 Å². The summed E-state index contributed by atoms with van der Waals surface area (Å²) in [4.78, 5) is 9.02. The van der Waals surface area contributed by atoms with Crippen molar-refractivity contribution in [3.63, 3.8) is 0 Å². The average Bonchev–Trinajstić information content (AvgIpc) is 2.38. The van der Waals surface area contributed by atoms with E-state index in [4.69, 9.17) is 0 Å². The van der Waals surface area contributed by atoms with Crippen molar-refractivity contribution in [2.45, 2.75) is 33.2 Å². The van der Waals surface area contributed by atoms with Crippen molar-refractivity contribution in [3.05, 3.63) is 47.4 Å². The lowest BCUT2D eigenvalue weighted by atomic mass is 10.0. The fourth-order valence-corrected chi connectivity index (χ4v) is 2.05. The molecule has 3 nitrogen and oxygen atoms in total. The first-order valence-electron chi connectivity index (χ1n) is 6.69. The summed E-state index contributed by atoms with van der Waals surface area (Å²) in [6.45, 7) is 7.11. The van der Waals surface area contributed by atoms with Crippen LogP contribution in [0.3, 0.4) is 0 Å². The van der Waals surface area contributed by atoms with Crippen molar-refractivity contribution in [1.29, 1.82) is 0 Å². The van der Waals surface area contributed by atoms with E-state index in [-0.39, 0.29) is 0 Å². The summed E-state index contributed by atoms with van der Waals surface area (Å²) in [6, 6.07) is 10.7. The highest BCUT2D eigenvalue weighted by atomic mass is 15.0. The molecule has 19 heavy (non-hydrogen) atoms. The molecule has 3 heteroatoms. The highest BCUT2D eigenvalue weighted by Gasteiger charge is 2.05. The molecule has 1 aromatic carbocycles. The van der Waals surface area contributed by atoms with Crippen molar-refractivity contribution in [3.8, 4) is 11.3 Å². The first-order valence-corrected chi connectivity index (χ1v) is 6.69. The van der Waals surface area contributed by atoms with Crippen molar-refractivity contribution in [2.75, 3.05) is 7.05 Å². The van der Waals surface area contributed by atoms with Gasteiger partial charge in [-0.3, -0.25) is 0 Å². The third-order valence-corrected chi connectivity index (χ3v) is 3.11. The summed E-state index contributed by atoms with van der Waals surface area (Å²) in [7, 11) is 1.91. The van der Waals surface area contributed by atoms with E-state index in [9.17, 15) is 0 Å². The Morgan fingerprint density at radius 2 is 1.79 bits per heavy atom. The molecule has 0 aliphatic heterocycles. The van der Waals surface area contributed by atoms with Gasteiger partial charge in [0.2, 0.25) is 0 Å². The number of benzene rings is 1. The SMILES string of the molecule is CNCc1nc(C)cc(-c2ccc(C(C)C)cc2)n1. The maximum absolute atomic E-state index is 4.59. The number of aromatic nitrogens is 2. The van der Waals surface area contributed by atoms with Crippen LogP contribution in [0.2, 0.25) is 0 Å². The number of hydrogen-bond acceptors (Lipinski definition) is 3. The summed E-state index contributed by atoms with van der Waals surface area (Å²) >= 11 is 0. The zero-order valence-electron chi connectivity index (χ0n) is 12.1. The van der Waals surface area contributed by atoms with E-state index in [1.807, 2.05) is 20.0 Å². The molecular weight excluding hydrogens is 234 g/mol. The molecule has 0 saturated heterocycles. The molecule has 0 amide bonds. The first kappa shape index (κ1) is 13.7. The first-order chi connectivity index (χ1) is 9.10. The predicted molar refractivity (Wildman–Crippen MR) is 79.1 cm³/mol. The van der Waals surface area contributed by atoms with Gasteiger partial charge in [-0.05, 0) is 31.5 Å². The molecule has 0 atom stereocenters. The normalized spacial score (nSPS) is 11.0. The molecule has 0 aliphatic rings. The Balaban J connectivity index is 2.35. The molecule has 0 bridgehead atoms. The van der Waals surface area contributed by atoms with Gasteiger partial charge in [-0.25, -0.2) is 9.97 Å². The molecule has 0 fully saturated rings. The fraction of sp³-hybridized carbons (Fsp3) is 0.375. The monoisotopic (exact) mass is 255 g/mol. The Kier molecular flexibility index (Phi) is 4.27. The number of aryl methyl sites for hydroxylation is 1. The van der Waals surface area contributed by atoms with Crippen molar-refractivity contribution in [2.24, 2.45) is 0 Å². The summed E-state index contributed by atoms with van der Waals surface area (Å²) in [5.74, 6) is 1.39. The molecule has 0 radical (unpaired) electrons. The molecule has 2 rings (SSSR count). The van der Waals surface area contributed by atoms with Crippen LogP contribution in [0.1, 0.15) is 36.8 Å². The lowest BCUT2D eigenvalue weighted by Crippen LogP contribution is -2.10. The highest BCUT2D eigenvalue weighted by Crippen LogP contribution is 2.21. The van der Waals surface area contributed by atoms with Crippen LogP contribution in [0.4, 0.5) is 0 Å². The van der Waals surface area contributed by atoms with E-state index < -0.39 is 0 Å².